The first-order chi connectivity index (χ1) is 6.28. The molecule has 0 aliphatic heterocycles. The van der Waals surface area contributed by atoms with Crippen LogP contribution in [0.3, 0.4) is 0 Å². The molecule has 0 saturated heterocycles. The molecule has 1 aromatic heterocycles. The molecule has 4 heteroatoms. The monoisotopic (exact) mass is 243 g/mol. The summed E-state index contributed by atoms with van der Waals surface area (Å²) in [5, 5.41) is 7.12. The molecule has 0 atom stereocenters. The van der Waals surface area contributed by atoms with Crippen LogP contribution < -0.4 is 5.73 Å². The smallest absolute Gasteiger partial charge is 0.0632 e. The van der Waals surface area contributed by atoms with Crippen LogP contribution in [-0.4, -0.2) is 16.7 Å². The summed E-state index contributed by atoms with van der Waals surface area (Å²) in [6.07, 6.45) is 6.68. The minimum absolute atomic E-state index is 0.296. The highest BCUT2D eigenvalue weighted by atomic mass is 79.9. The number of nitrogens with zero attached hydrogens (tertiary/aromatic N) is 1. The lowest BCUT2D eigenvalue weighted by atomic mass is 9.64. The predicted octanol–water partition coefficient (Wildman–Crippen LogP) is 1.94. The fraction of sp³-hybridized carbons (Fsp3) is 0.667. The van der Waals surface area contributed by atoms with E-state index in [-0.39, 0.29) is 0 Å². The van der Waals surface area contributed by atoms with Crippen LogP contribution in [0.5, 0.6) is 0 Å². The maximum Gasteiger partial charge on any atom is 0.0632 e. The van der Waals surface area contributed by atoms with Crippen molar-refractivity contribution in [2.75, 3.05) is 6.54 Å². The van der Waals surface area contributed by atoms with E-state index < -0.39 is 0 Å². The van der Waals surface area contributed by atoms with Crippen LogP contribution in [0.4, 0.5) is 0 Å². The second kappa shape index (κ2) is 3.42. The Morgan fingerprint density at radius 1 is 1.62 bits per heavy atom. The highest BCUT2D eigenvalue weighted by Gasteiger charge is 2.40. The van der Waals surface area contributed by atoms with Crippen LogP contribution in [0.15, 0.2) is 10.7 Å². The average Bonchev–Trinajstić information content (AvgIpc) is 2.44. The summed E-state index contributed by atoms with van der Waals surface area (Å²) < 4.78 is 1.10. The largest absolute Gasteiger partial charge is 0.330 e. The van der Waals surface area contributed by atoms with Crippen molar-refractivity contribution < 1.29 is 0 Å². The molecule has 0 radical (unpaired) electrons. The molecule has 1 aliphatic rings. The SMILES string of the molecule is NCCC1(c2[nH]ncc2Br)CCC1. The van der Waals surface area contributed by atoms with Gasteiger partial charge in [-0.1, -0.05) is 6.42 Å². The van der Waals surface area contributed by atoms with Crippen molar-refractivity contribution in [2.45, 2.75) is 31.1 Å². The van der Waals surface area contributed by atoms with Gasteiger partial charge in [0.05, 0.1) is 16.4 Å². The van der Waals surface area contributed by atoms with E-state index in [4.69, 9.17) is 5.73 Å². The number of nitrogens with one attached hydrogen (secondary N) is 1. The minimum Gasteiger partial charge on any atom is -0.330 e. The van der Waals surface area contributed by atoms with Gasteiger partial charge >= 0.3 is 0 Å². The number of rotatable bonds is 3. The van der Waals surface area contributed by atoms with Crippen LogP contribution in [0.2, 0.25) is 0 Å². The predicted molar refractivity (Wildman–Crippen MR) is 55.5 cm³/mol. The summed E-state index contributed by atoms with van der Waals surface area (Å²) >= 11 is 3.51. The quantitative estimate of drug-likeness (QED) is 0.853. The molecule has 0 spiro atoms. The van der Waals surface area contributed by atoms with E-state index >= 15 is 0 Å². The van der Waals surface area contributed by atoms with Gasteiger partial charge in [0.25, 0.3) is 0 Å². The van der Waals surface area contributed by atoms with E-state index in [0.717, 1.165) is 17.4 Å². The summed E-state index contributed by atoms with van der Waals surface area (Å²) in [6, 6.07) is 0. The number of hydrogen-bond donors (Lipinski definition) is 2. The van der Waals surface area contributed by atoms with Crippen molar-refractivity contribution in [2.24, 2.45) is 5.73 Å². The van der Waals surface area contributed by atoms with Gasteiger partial charge in [-0.05, 0) is 41.7 Å². The Morgan fingerprint density at radius 3 is 2.77 bits per heavy atom. The molecule has 1 saturated carbocycles. The Hall–Kier alpha value is -0.350. The van der Waals surface area contributed by atoms with E-state index in [9.17, 15) is 0 Å². The van der Waals surface area contributed by atoms with Gasteiger partial charge in [-0.15, -0.1) is 0 Å². The molecule has 2 rings (SSSR count). The van der Waals surface area contributed by atoms with E-state index in [1.807, 2.05) is 6.20 Å². The van der Waals surface area contributed by atoms with Crippen LogP contribution in [-0.2, 0) is 5.41 Å². The Morgan fingerprint density at radius 2 is 2.38 bits per heavy atom. The third-order valence-corrected chi connectivity index (χ3v) is 3.66. The molecule has 0 unspecified atom stereocenters. The number of H-pyrrole nitrogens is 1. The van der Waals surface area contributed by atoms with Crippen molar-refractivity contribution in [3.05, 3.63) is 16.4 Å². The average molecular weight is 244 g/mol. The first-order valence-electron chi connectivity index (χ1n) is 4.68. The van der Waals surface area contributed by atoms with Gasteiger partial charge in [0.2, 0.25) is 0 Å². The third-order valence-electron chi connectivity index (χ3n) is 3.06. The van der Waals surface area contributed by atoms with Gasteiger partial charge in [0.15, 0.2) is 0 Å². The molecule has 13 heavy (non-hydrogen) atoms. The molecule has 3 N–H and O–H groups in total. The van der Waals surface area contributed by atoms with Crippen molar-refractivity contribution in [3.8, 4) is 0 Å². The van der Waals surface area contributed by atoms with Crippen LogP contribution >= 0.6 is 15.9 Å². The molecule has 0 aromatic carbocycles. The summed E-state index contributed by atoms with van der Waals surface area (Å²) in [7, 11) is 0. The van der Waals surface area contributed by atoms with Crippen LogP contribution in [0, 0.1) is 0 Å². The standard InChI is InChI=1S/C9H14BrN3/c10-7-6-12-13-8(7)9(4-5-11)2-1-3-9/h6H,1-5,11H2,(H,12,13). The normalized spacial score (nSPS) is 19.8. The maximum atomic E-state index is 5.63. The fourth-order valence-corrected chi connectivity index (χ4v) is 2.76. The van der Waals surface area contributed by atoms with Crippen LogP contribution in [0.1, 0.15) is 31.4 Å². The maximum absolute atomic E-state index is 5.63. The van der Waals surface area contributed by atoms with E-state index in [0.29, 0.717) is 5.41 Å². The van der Waals surface area contributed by atoms with Gasteiger partial charge in [-0.2, -0.15) is 5.10 Å². The topological polar surface area (TPSA) is 54.7 Å². The first kappa shape index (κ1) is 9.21. The number of aromatic amines is 1. The molecule has 0 bridgehead atoms. The Kier molecular flexibility index (Phi) is 2.43. The molecule has 1 aliphatic carbocycles. The van der Waals surface area contributed by atoms with Gasteiger partial charge in [-0.25, -0.2) is 0 Å². The van der Waals surface area contributed by atoms with Crippen molar-refractivity contribution in [1.29, 1.82) is 0 Å². The lowest BCUT2D eigenvalue weighted by Crippen LogP contribution is -2.37. The summed E-state index contributed by atoms with van der Waals surface area (Å²) in [6.45, 7) is 0.755. The lowest BCUT2D eigenvalue weighted by molar-refractivity contribution is 0.221. The molecule has 1 heterocycles. The van der Waals surface area contributed by atoms with Crippen molar-refractivity contribution >= 4 is 15.9 Å². The molecular weight excluding hydrogens is 230 g/mol. The van der Waals surface area contributed by atoms with Gasteiger partial charge in [0, 0.05) is 5.41 Å². The second-order valence-corrected chi connectivity index (χ2v) is 4.62. The third kappa shape index (κ3) is 1.42. The highest BCUT2D eigenvalue weighted by molar-refractivity contribution is 9.10. The van der Waals surface area contributed by atoms with Crippen molar-refractivity contribution in [3.63, 3.8) is 0 Å². The molecule has 3 nitrogen and oxygen atoms in total. The zero-order valence-electron chi connectivity index (χ0n) is 7.52. The minimum atomic E-state index is 0.296. The molecule has 0 amide bonds. The molecule has 1 aromatic rings. The van der Waals surface area contributed by atoms with E-state index in [2.05, 4.69) is 26.1 Å². The highest BCUT2D eigenvalue weighted by Crippen LogP contribution is 2.47. The first-order valence-corrected chi connectivity index (χ1v) is 5.47. The number of aromatic nitrogens is 2. The number of nitrogens with two attached hydrogens (primary N) is 1. The number of halogens is 1. The zero-order valence-corrected chi connectivity index (χ0v) is 9.10. The van der Waals surface area contributed by atoms with Crippen LogP contribution in [0.25, 0.3) is 0 Å². The molecular formula is C9H14BrN3. The zero-order chi connectivity index (χ0) is 9.31. The Balaban J connectivity index is 2.26. The van der Waals surface area contributed by atoms with Gasteiger partial charge in [-0.3, -0.25) is 5.10 Å². The Labute approximate surface area is 86.2 Å². The lowest BCUT2D eigenvalue weighted by Gasteiger charge is -2.41. The van der Waals surface area contributed by atoms with E-state index in [1.54, 1.807) is 0 Å². The van der Waals surface area contributed by atoms with Gasteiger partial charge < -0.3 is 5.73 Å². The van der Waals surface area contributed by atoms with Gasteiger partial charge in [0.1, 0.15) is 0 Å². The van der Waals surface area contributed by atoms with E-state index in [1.165, 1.54) is 25.0 Å². The molecule has 72 valence electrons. The fourth-order valence-electron chi connectivity index (χ4n) is 2.15. The molecule has 1 fully saturated rings. The summed E-state index contributed by atoms with van der Waals surface area (Å²) in [4.78, 5) is 0. The summed E-state index contributed by atoms with van der Waals surface area (Å²) in [5.41, 5.74) is 7.17. The number of hydrogen-bond acceptors (Lipinski definition) is 2. The second-order valence-electron chi connectivity index (χ2n) is 3.77. The Bertz CT molecular complexity index is 291. The summed E-state index contributed by atoms with van der Waals surface area (Å²) in [5.74, 6) is 0. The van der Waals surface area contributed by atoms with Crippen molar-refractivity contribution in [1.82, 2.24) is 10.2 Å².